The molecular formula is C68H44N2O. The normalized spacial score (nSPS) is 11.7. The van der Waals surface area contributed by atoms with E-state index in [1.165, 1.54) is 65.6 Å². The standard InChI is InChI=1S/C68H44N2O/c1-2-21-53-48(17-1)44-63(57-24-6-5-22-55(53)57)47-18-15-19-51(43-47)69(50-41-37-46(38-42-50)54-29-16-30-62-61-28-10-14-34-67(61)71-68(54)62)49-39-35-45(36-40-49)52-20-3-4-23-56(52)58-25-7-11-31-64(58)70-65-32-12-8-26-59(65)60-27-9-13-33-66(60)70/h1-44H. The lowest BCUT2D eigenvalue weighted by molar-refractivity contribution is 0.670. The molecule has 2 aromatic heterocycles. The smallest absolute Gasteiger partial charge is 0.143 e. The number of anilines is 3. The van der Waals surface area contributed by atoms with E-state index in [9.17, 15) is 0 Å². The van der Waals surface area contributed by atoms with Crippen molar-refractivity contribution in [3.05, 3.63) is 267 Å². The average molecular weight is 905 g/mol. The number of hydrogen-bond donors (Lipinski definition) is 0. The molecule has 3 nitrogen and oxygen atoms in total. The molecule has 0 saturated carbocycles. The Morgan fingerprint density at radius 2 is 0.803 bits per heavy atom. The summed E-state index contributed by atoms with van der Waals surface area (Å²) >= 11 is 0. The van der Waals surface area contributed by atoms with Crippen LogP contribution in [0.5, 0.6) is 0 Å². The van der Waals surface area contributed by atoms with Crippen LogP contribution >= 0.6 is 0 Å². The molecule has 0 fully saturated rings. The SMILES string of the molecule is c1cc(-c2cc3ccccc3c3ccccc23)cc(N(c2ccc(-c3ccccc3-c3ccccc3-n3c4ccccc4c4ccccc43)cc2)c2ccc(-c3cccc4c3oc3ccccc34)cc2)c1. The number of hydrogen-bond acceptors (Lipinski definition) is 2. The van der Waals surface area contributed by atoms with Gasteiger partial charge < -0.3 is 13.9 Å². The summed E-state index contributed by atoms with van der Waals surface area (Å²) in [7, 11) is 0. The highest BCUT2D eigenvalue weighted by Gasteiger charge is 2.20. The third-order valence-electron chi connectivity index (χ3n) is 14.4. The molecule has 0 aliphatic heterocycles. The number of rotatable bonds is 8. The summed E-state index contributed by atoms with van der Waals surface area (Å²) in [6.45, 7) is 0. The predicted octanol–water partition coefficient (Wildman–Crippen LogP) is 19.1. The lowest BCUT2D eigenvalue weighted by atomic mass is 9.92. The maximum Gasteiger partial charge on any atom is 0.143 e. The van der Waals surface area contributed by atoms with Gasteiger partial charge in [-0.3, -0.25) is 0 Å². The minimum absolute atomic E-state index is 0.898. The highest BCUT2D eigenvalue weighted by Crippen LogP contribution is 2.44. The number of para-hydroxylation sites is 5. The van der Waals surface area contributed by atoms with Crippen LogP contribution < -0.4 is 4.90 Å². The number of benzene rings is 12. The molecule has 0 amide bonds. The Labute approximate surface area is 411 Å². The van der Waals surface area contributed by atoms with Crippen molar-refractivity contribution >= 4 is 82.4 Å². The Bertz CT molecular complexity index is 4290. The van der Waals surface area contributed by atoms with Crippen LogP contribution in [-0.4, -0.2) is 4.57 Å². The van der Waals surface area contributed by atoms with Crippen LogP contribution in [0.15, 0.2) is 271 Å². The molecule has 0 spiro atoms. The van der Waals surface area contributed by atoms with Crippen molar-refractivity contribution < 1.29 is 4.42 Å². The lowest BCUT2D eigenvalue weighted by Gasteiger charge is -2.27. The minimum Gasteiger partial charge on any atom is -0.455 e. The summed E-state index contributed by atoms with van der Waals surface area (Å²) in [5.74, 6) is 0. The van der Waals surface area contributed by atoms with Gasteiger partial charge in [0.2, 0.25) is 0 Å². The van der Waals surface area contributed by atoms with Gasteiger partial charge in [-0.05, 0) is 122 Å². The monoisotopic (exact) mass is 904 g/mol. The van der Waals surface area contributed by atoms with E-state index >= 15 is 0 Å². The fraction of sp³-hybridized carbons (Fsp3) is 0. The number of nitrogens with zero attached hydrogens (tertiary/aromatic N) is 2. The summed E-state index contributed by atoms with van der Waals surface area (Å²) in [5.41, 5.74) is 17.8. The van der Waals surface area contributed by atoms with E-state index in [-0.39, 0.29) is 0 Å². The van der Waals surface area contributed by atoms with Crippen LogP contribution in [0.4, 0.5) is 17.1 Å². The van der Waals surface area contributed by atoms with Crippen LogP contribution in [0.25, 0.3) is 115 Å². The molecule has 0 aliphatic carbocycles. The topological polar surface area (TPSA) is 21.3 Å². The quantitative estimate of drug-likeness (QED) is 0.142. The summed E-state index contributed by atoms with van der Waals surface area (Å²) in [6, 6.07) is 96.7. The molecule has 14 aromatic rings. The third kappa shape index (κ3) is 6.74. The summed E-state index contributed by atoms with van der Waals surface area (Å²) < 4.78 is 8.92. The highest BCUT2D eigenvalue weighted by atomic mass is 16.3. The van der Waals surface area contributed by atoms with E-state index in [2.05, 4.69) is 264 Å². The lowest BCUT2D eigenvalue weighted by Crippen LogP contribution is -2.10. The Morgan fingerprint density at radius 1 is 0.282 bits per heavy atom. The second-order valence-corrected chi connectivity index (χ2v) is 18.4. The first-order valence-electron chi connectivity index (χ1n) is 24.3. The predicted molar refractivity (Wildman–Crippen MR) is 299 cm³/mol. The largest absolute Gasteiger partial charge is 0.455 e. The number of aromatic nitrogens is 1. The zero-order chi connectivity index (χ0) is 46.8. The molecule has 0 N–H and O–H groups in total. The molecule has 0 unspecified atom stereocenters. The van der Waals surface area contributed by atoms with Crippen molar-refractivity contribution in [1.29, 1.82) is 0 Å². The van der Waals surface area contributed by atoms with Gasteiger partial charge in [0.25, 0.3) is 0 Å². The van der Waals surface area contributed by atoms with Gasteiger partial charge in [-0.25, -0.2) is 0 Å². The van der Waals surface area contributed by atoms with Crippen LogP contribution in [0.1, 0.15) is 0 Å². The van der Waals surface area contributed by atoms with Crippen LogP contribution in [0, 0.1) is 0 Å². The summed E-state index contributed by atoms with van der Waals surface area (Å²) in [6.07, 6.45) is 0. The maximum absolute atomic E-state index is 6.50. The van der Waals surface area contributed by atoms with E-state index in [1.54, 1.807) is 0 Å². The first-order chi connectivity index (χ1) is 35.2. The van der Waals surface area contributed by atoms with E-state index in [0.29, 0.717) is 0 Å². The molecule has 0 bridgehead atoms. The van der Waals surface area contributed by atoms with Gasteiger partial charge in [-0.1, -0.05) is 200 Å². The van der Waals surface area contributed by atoms with Crippen molar-refractivity contribution in [2.45, 2.75) is 0 Å². The summed E-state index contributed by atoms with van der Waals surface area (Å²) in [4.78, 5) is 2.38. The fourth-order valence-corrected chi connectivity index (χ4v) is 11.2. The molecule has 0 radical (unpaired) electrons. The van der Waals surface area contributed by atoms with Gasteiger partial charge in [0.05, 0.1) is 16.7 Å². The molecule has 71 heavy (non-hydrogen) atoms. The molecule has 0 aliphatic rings. The molecule has 0 saturated heterocycles. The highest BCUT2D eigenvalue weighted by molar-refractivity contribution is 6.14. The Kier molecular flexibility index (Phi) is 9.53. The number of furan rings is 1. The molecular weight excluding hydrogens is 861 g/mol. The van der Waals surface area contributed by atoms with Gasteiger partial charge in [-0.15, -0.1) is 0 Å². The van der Waals surface area contributed by atoms with E-state index < -0.39 is 0 Å². The molecule has 2 heterocycles. The van der Waals surface area contributed by atoms with Crippen LogP contribution in [-0.2, 0) is 0 Å². The van der Waals surface area contributed by atoms with Gasteiger partial charge in [-0.2, -0.15) is 0 Å². The van der Waals surface area contributed by atoms with Crippen LogP contribution in [0.2, 0.25) is 0 Å². The molecule has 12 aromatic carbocycles. The van der Waals surface area contributed by atoms with E-state index in [4.69, 9.17) is 4.42 Å². The minimum atomic E-state index is 0.898. The first kappa shape index (κ1) is 40.6. The Morgan fingerprint density at radius 3 is 1.54 bits per heavy atom. The first-order valence-corrected chi connectivity index (χ1v) is 24.3. The second-order valence-electron chi connectivity index (χ2n) is 18.4. The van der Waals surface area contributed by atoms with Crippen molar-refractivity contribution in [2.24, 2.45) is 0 Å². The van der Waals surface area contributed by atoms with Crippen molar-refractivity contribution in [3.8, 4) is 50.2 Å². The molecule has 3 heteroatoms. The van der Waals surface area contributed by atoms with E-state index in [1.807, 2.05) is 12.1 Å². The van der Waals surface area contributed by atoms with Crippen LogP contribution in [0.3, 0.4) is 0 Å². The second kappa shape index (κ2) is 16.7. The van der Waals surface area contributed by atoms with Gasteiger partial charge in [0.15, 0.2) is 0 Å². The number of fused-ring (bicyclic) bond motifs is 9. The Balaban J connectivity index is 0.896. The fourth-order valence-electron chi connectivity index (χ4n) is 11.2. The van der Waals surface area contributed by atoms with Crippen molar-refractivity contribution in [2.75, 3.05) is 4.90 Å². The third-order valence-corrected chi connectivity index (χ3v) is 14.4. The van der Waals surface area contributed by atoms with Crippen molar-refractivity contribution in [3.63, 3.8) is 0 Å². The van der Waals surface area contributed by atoms with Gasteiger partial charge >= 0.3 is 0 Å². The van der Waals surface area contributed by atoms with Gasteiger partial charge in [0, 0.05) is 49.7 Å². The zero-order valence-electron chi connectivity index (χ0n) is 38.7. The summed E-state index contributed by atoms with van der Waals surface area (Å²) in [5, 5.41) is 9.74. The molecule has 0 atom stereocenters. The van der Waals surface area contributed by atoms with Gasteiger partial charge in [0.1, 0.15) is 11.2 Å². The van der Waals surface area contributed by atoms with E-state index in [0.717, 1.165) is 66.9 Å². The zero-order valence-corrected chi connectivity index (χ0v) is 38.7. The molecule has 332 valence electrons. The Hall–Kier alpha value is -9.44. The maximum atomic E-state index is 6.50. The van der Waals surface area contributed by atoms with Crippen molar-refractivity contribution in [1.82, 2.24) is 4.57 Å². The molecule has 14 rings (SSSR count). The average Bonchev–Trinajstić information content (AvgIpc) is 4.00.